The van der Waals surface area contributed by atoms with Gasteiger partial charge in [0.15, 0.2) is 0 Å². The molecule has 0 heterocycles. The number of carbonyl (C=O) groups is 3. The van der Waals surface area contributed by atoms with Gasteiger partial charge in [-0.05, 0) is 71.6 Å². The lowest BCUT2D eigenvalue weighted by molar-refractivity contribution is -0.144. The number of hydrogen-bond donors (Lipinski definition) is 2. The quantitative estimate of drug-likeness (QED) is 0.462. The van der Waals surface area contributed by atoms with Crippen molar-refractivity contribution in [1.82, 2.24) is 15.5 Å². The molecule has 0 bridgehead atoms. The van der Waals surface area contributed by atoms with E-state index in [0.29, 0.717) is 5.56 Å². The maximum Gasteiger partial charge on any atom is 0.408 e. The number of nitrogens with zero attached hydrogens (tertiary/aromatic N) is 1. The summed E-state index contributed by atoms with van der Waals surface area (Å²) in [5.41, 5.74) is 2.02. The van der Waals surface area contributed by atoms with E-state index in [-0.39, 0.29) is 30.3 Å². The van der Waals surface area contributed by atoms with Crippen LogP contribution >= 0.6 is 0 Å². The van der Waals surface area contributed by atoms with E-state index in [9.17, 15) is 14.4 Å². The molecular formula is C30H43N3O4. The normalized spacial score (nSPS) is 13.1. The van der Waals surface area contributed by atoms with Crippen molar-refractivity contribution in [3.05, 3.63) is 71.3 Å². The first-order valence-electron chi connectivity index (χ1n) is 13.1. The summed E-state index contributed by atoms with van der Waals surface area (Å²) in [4.78, 5) is 42.1. The second kappa shape index (κ2) is 13.3. The molecule has 0 fully saturated rings. The minimum atomic E-state index is -0.927. The number of hydrogen-bond acceptors (Lipinski definition) is 4. The molecule has 0 spiro atoms. The highest BCUT2D eigenvalue weighted by Gasteiger charge is 2.38. The van der Waals surface area contributed by atoms with Crippen LogP contribution in [0.5, 0.6) is 0 Å². The van der Waals surface area contributed by atoms with Crippen LogP contribution in [0.25, 0.3) is 0 Å². The van der Waals surface area contributed by atoms with E-state index in [0.717, 1.165) is 17.5 Å². The third kappa shape index (κ3) is 9.23. The van der Waals surface area contributed by atoms with E-state index >= 15 is 0 Å². The summed E-state index contributed by atoms with van der Waals surface area (Å²) in [5.74, 6) is -0.620. The SMILES string of the molecule is CCc1ccc(C(C(=O)NC(C)C)N(C(=O)C(Cc2ccccc2)NC(=O)OC(C)(C)C)C(C)C)cc1. The molecule has 0 aliphatic carbocycles. The summed E-state index contributed by atoms with van der Waals surface area (Å²) in [7, 11) is 0. The molecule has 0 saturated heterocycles. The second-order valence-corrected chi connectivity index (χ2v) is 10.9. The molecule has 0 radical (unpaired) electrons. The van der Waals surface area contributed by atoms with Gasteiger partial charge in [-0.1, -0.05) is 61.5 Å². The summed E-state index contributed by atoms with van der Waals surface area (Å²) in [6.07, 6.45) is 0.450. The molecule has 0 aliphatic rings. The van der Waals surface area contributed by atoms with Gasteiger partial charge < -0.3 is 20.3 Å². The minimum Gasteiger partial charge on any atom is -0.444 e. The molecule has 202 valence electrons. The number of nitrogens with one attached hydrogen (secondary N) is 2. The highest BCUT2D eigenvalue weighted by atomic mass is 16.6. The van der Waals surface area contributed by atoms with E-state index in [1.807, 2.05) is 82.3 Å². The Balaban J connectivity index is 2.52. The summed E-state index contributed by atoms with van der Waals surface area (Å²) >= 11 is 0. The Hall–Kier alpha value is -3.35. The molecule has 0 aromatic heterocycles. The standard InChI is InChI=1S/C30H43N3O4/c1-9-22-15-17-24(18-16-22)26(27(34)31-20(2)3)33(21(4)5)28(35)25(19-23-13-11-10-12-14-23)32-29(36)37-30(6,7)8/h10-18,20-21,25-26H,9,19H2,1-8H3,(H,31,34)(H,32,36). The zero-order valence-electron chi connectivity index (χ0n) is 23.5. The van der Waals surface area contributed by atoms with Crippen molar-refractivity contribution in [1.29, 1.82) is 0 Å². The summed E-state index contributed by atoms with van der Waals surface area (Å²) in [5, 5.41) is 5.75. The third-order valence-corrected chi connectivity index (χ3v) is 5.74. The minimum absolute atomic E-state index is 0.103. The van der Waals surface area contributed by atoms with E-state index in [1.165, 1.54) is 0 Å². The Kier molecular flexibility index (Phi) is 10.7. The molecule has 2 N–H and O–H groups in total. The van der Waals surface area contributed by atoms with Gasteiger partial charge in [-0.25, -0.2) is 4.79 Å². The van der Waals surface area contributed by atoms with E-state index in [2.05, 4.69) is 17.6 Å². The van der Waals surface area contributed by atoms with Crippen LogP contribution < -0.4 is 10.6 Å². The molecule has 2 atom stereocenters. The fourth-order valence-corrected chi connectivity index (χ4v) is 4.10. The number of benzene rings is 2. The summed E-state index contributed by atoms with van der Waals surface area (Å²) in [6.45, 7) is 14.9. The van der Waals surface area contributed by atoms with Crippen LogP contribution in [0.1, 0.15) is 78.1 Å². The van der Waals surface area contributed by atoms with Gasteiger partial charge in [-0.3, -0.25) is 9.59 Å². The highest BCUT2D eigenvalue weighted by molar-refractivity contribution is 5.92. The van der Waals surface area contributed by atoms with Gasteiger partial charge in [-0.2, -0.15) is 0 Å². The molecule has 0 saturated carbocycles. The van der Waals surface area contributed by atoms with Gasteiger partial charge in [-0.15, -0.1) is 0 Å². The van der Waals surface area contributed by atoms with Crippen molar-refractivity contribution in [2.75, 3.05) is 0 Å². The molecule has 7 heteroatoms. The zero-order valence-corrected chi connectivity index (χ0v) is 23.5. The van der Waals surface area contributed by atoms with Crippen molar-refractivity contribution in [2.24, 2.45) is 0 Å². The van der Waals surface area contributed by atoms with Gasteiger partial charge in [0.1, 0.15) is 17.7 Å². The summed E-state index contributed by atoms with van der Waals surface area (Å²) < 4.78 is 5.47. The monoisotopic (exact) mass is 509 g/mol. The van der Waals surface area contributed by atoms with E-state index in [4.69, 9.17) is 4.74 Å². The lowest BCUT2D eigenvalue weighted by Gasteiger charge is -2.37. The topological polar surface area (TPSA) is 87.7 Å². The van der Waals surface area contributed by atoms with Gasteiger partial charge in [0.05, 0.1) is 0 Å². The first kappa shape index (κ1) is 29.9. The lowest BCUT2D eigenvalue weighted by Crippen LogP contribution is -2.56. The fourth-order valence-electron chi connectivity index (χ4n) is 4.10. The average molecular weight is 510 g/mol. The Bertz CT molecular complexity index is 1030. The molecule has 2 unspecified atom stereocenters. The molecule has 0 aliphatic heterocycles. The molecule has 37 heavy (non-hydrogen) atoms. The Morgan fingerprint density at radius 3 is 1.95 bits per heavy atom. The van der Waals surface area contributed by atoms with Gasteiger partial charge in [0, 0.05) is 18.5 Å². The van der Waals surface area contributed by atoms with E-state index in [1.54, 1.807) is 25.7 Å². The van der Waals surface area contributed by atoms with Crippen LogP contribution in [0.3, 0.4) is 0 Å². The van der Waals surface area contributed by atoms with Crippen molar-refractivity contribution in [3.63, 3.8) is 0 Å². The second-order valence-electron chi connectivity index (χ2n) is 10.9. The third-order valence-electron chi connectivity index (χ3n) is 5.74. The van der Waals surface area contributed by atoms with Crippen LogP contribution in [-0.4, -0.2) is 46.5 Å². The number of carbonyl (C=O) groups excluding carboxylic acids is 3. The van der Waals surface area contributed by atoms with E-state index < -0.39 is 23.8 Å². The molecule has 2 aromatic carbocycles. The smallest absolute Gasteiger partial charge is 0.408 e. The molecule has 3 amide bonds. The molecular weight excluding hydrogens is 466 g/mol. The molecule has 7 nitrogen and oxygen atoms in total. The molecule has 2 rings (SSSR count). The Morgan fingerprint density at radius 2 is 1.46 bits per heavy atom. The predicted octanol–water partition coefficient (Wildman–Crippen LogP) is 5.19. The van der Waals surface area contributed by atoms with Crippen molar-refractivity contribution >= 4 is 17.9 Å². The number of ether oxygens (including phenoxy) is 1. The number of amides is 3. The molecule has 2 aromatic rings. The zero-order chi connectivity index (χ0) is 27.8. The lowest BCUT2D eigenvalue weighted by atomic mass is 9.97. The van der Waals surface area contributed by atoms with Crippen LogP contribution in [0, 0.1) is 0 Å². The predicted molar refractivity (Wildman–Crippen MR) is 147 cm³/mol. The van der Waals surface area contributed by atoms with Crippen LogP contribution in [-0.2, 0) is 27.2 Å². The van der Waals surface area contributed by atoms with Crippen molar-refractivity contribution in [2.45, 2.75) is 98.0 Å². The maximum atomic E-state index is 14.2. The van der Waals surface area contributed by atoms with Gasteiger partial charge in [0.25, 0.3) is 0 Å². The largest absolute Gasteiger partial charge is 0.444 e. The summed E-state index contributed by atoms with van der Waals surface area (Å²) in [6, 6.07) is 15.0. The van der Waals surface area contributed by atoms with Crippen molar-refractivity contribution < 1.29 is 19.1 Å². The Labute approximate surface area is 222 Å². The number of aryl methyl sites for hydroxylation is 1. The van der Waals surface area contributed by atoms with Crippen LogP contribution in [0.2, 0.25) is 0 Å². The highest BCUT2D eigenvalue weighted by Crippen LogP contribution is 2.26. The Morgan fingerprint density at radius 1 is 0.865 bits per heavy atom. The van der Waals surface area contributed by atoms with Gasteiger partial charge in [0.2, 0.25) is 11.8 Å². The fraction of sp³-hybridized carbons (Fsp3) is 0.500. The first-order chi connectivity index (χ1) is 17.3. The van der Waals surface area contributed by atoms with Gasteiger partial charge >= 0.3 is 6.09 Å². The van der Waals surface area contributed by atoms with Crippen LogP contribution in [0.4, 0.5) is 4.79 Å². The number of alkyl carbamates (subject to hydrolysis) is 1. The number of rotatable bonds is 10. The first-order valence-corrected chi connectivity index (χ1v) is 13.1. The van der Waals surface area contributed by atoms with Crippen LogP contribution in [0.15, 0.2) is 54.6 Å². The maximum absolute atomic E-state index is 14.2. The van der Waals surface area contributed by atoms with Crippen molar-refractivity contribution in [3.8, 4) is 0 Å². The average Bonchev–Trinajstić information content (AvgIpc) is 2.80.